The molecule has 9 heteroatoms. The predicted octanol–water partition coefficient (Wildman–Crippen LogP) is 1.96. The van der Waals surface area contributed by atoms with Gasteiger partial charge in [0.25, 0.3) is 0 Å². The van der Waals surface area contributed by atoms with Gasteiger partial charge in [0, 0.05) is 32.2 Å². The van der Waals surface area contributed by atoms with Gasteiger partial charge in [-0.2, -0.15) is 0 Å². The lowest BCUT2D eigenvalue weighted by atomic mass is 10.1. The van der Waals surface area contributed by atoms with Crippen LogP contribution in [-0.2, 0) is 11.2 Å². The van der Waals surface area contributed by atoms with Crippen LogP contribution in [0.25, 0.3) is 0 Å². The smallest absolute Gasteiger partial charge is 0.406 e. The van der Waals surface area contributed by atoms with Gasteiger partial charge in [-0.3, -0.25) is 9.69 Å². The van der Waals surface area contributed by atoms with Crippen molar-refractivity contribution in [2.24, 2.45) is 0 Å². The van der Waals surface area contributed by atoms with Gasteiger partial charge in [0.2, 0.25) is 5.91 Å². The zero-order chi connectivity index (χ0) is 17.6. The van der Waals surface area contributed by atoms with Gasteiger partial charge in [0.05, 0.1) is 6.54 Å². The maximum Gasteiger partial charge on any atom is 0.573 e. The molecular formula is C16H23ClF3N3O2. The first-order chi connectivity index (χ1) is 11.3. The summed E-state index contributed by atoms with van der Waals surface area (Å²) in [4.78, 5) is 14.1. The molecule has 1 aliphatic rings. The molecule has 1 heterocycles. The van der Waals surface area contributed by atoms with Crippen LogP contribution in [0.2, 0.25) is 0 Å². The summed E-state index contributed by atoms with van der Waals surface area (Å²) in [6, 6.07) is 5.99. The summed E-state index contributed by atoms with van der Waals surface area (Å²) in [5.41, 5.74) is 0.834. The summed E-state index contributed by atoms with van der Waals surface area (Å²) in [6.45, 7) is 5.48. The molecule has 1 atom stereocenters. The number of carbonyl (C=O) groups excluding carboxylic acids is 1. The van der Waals surface area contributed by atoms with Crippen LogP contribution in [0, 0.1) is 0 Å². The Morgan fingerprint density at radius 1 is 1.36 bits per heavy atom. The molecule has 0 unspecified atom stereocenters. The van der Waals surface area contributed by atoms with Crippen LogP contribution in [0.4, 0.5) is 13.2 Å². The number of nitrogens with zero attached hydrogens (tertiary/aromatic N) is 1. The maximum atomic E-state index is 12.1. The molecule has 1 amide bonds. The van der Waals surface area contributed by atoms with E-state index in [1.165, 1.54) is 12.1 Å². The minimum atomic E-state index is -4.68. The zero-order valence-electron chi connectivity index (χ0n) is 13.9. The molecule has 25 heavy (non-hydrogen) atoms. The van der Waals surface area contributed by atoms with E-state index in [1.54, 1.807) is 12.1 Å². The van der Waals surface area contributed by atoms with Crippen LogP contribution in [0.1, 0.15) is 12.5 Å². The van der Waals surface area contributed by atoms with Crippen molar-refractivity contribution in [2.45, 2.75) is 25.7 Å². The number of piperazine rings is 1. The molecular weight excluding hydrogens is 359 g/mol. The average molecular weight is 382 g/mol. The molecule has 2 rings (SSSR count). The van der Waals surface area contributed by atoms with Crippen LogP contribution in [-0.4, -0.2) is 55.9 Å². The number of carbonyl (C=O) groups is 1. The first kappa shape index (κ1) is 21.5. The molecule has 5 nitrogen and oxygen atoms in total. The molecule has 0 aromatic heterocycles. The van der Waals surface area contributed by atoms with E-state index in [0.29, 0.717) is 25.6 Å². The second-order valence-electron chi connectivity index (χ2n) is 5.82. The van der Waals surface area contributed by atoms with Crippen LogP contribution >= 0.6 is 12.4 Å². The summed E-state index contributed by atoms with van der Waals surface area (Å²) in [5, 5.41) is 6.11. The minimum absolute atomic E-state index is 0. The van der Waals surface area contributed by atoms with Gasteiger partial charge in [0.15, 0.2) is 0 Å². The molecule has 1 aliphatic heterocycles. The number of amides is 1. The van der Waals surface area contributed by atoms with Crippen LogP contribution in [0.5, 0.6) is 5.75 Å². The summed E-state index contributed by atoms with van der Waals surface area (Å²) in [5.74, 6) is -0.288. The summed E-state index contributed by atoms with van der Waals surface area (Å²) < 4.78 is 40.0. The Bertz CT molecular complexity index is 540. The van der Waals surface area contributed by atoms with Crippen molar-refractivity contribution in [1.29, 1.82) is 0 Å². The fraction of sp³-hybridized carbons (Fsp3) is 0.562. The Hall–Kier alpha value is -1.51. The number of halogens is 4. The van der Waals surface area contributed by atoms with E-state index in [0.717, 1.165) is 25.2 Å². The Morgan fingerprint density at radius 3 is 2.64 bits per heavy atom. The van der Waals surface area contributed by atoms with E-state index < -0.39 is 6.36 Å². The second-order valence-corrected chi connectivity index (χ2v) is 5.82. The molecule has 1 fully saturated rings. The highest BCUT2D eigenvalue weighted by atomic mass is 35.5. The maximum absolute atomic E-state index is 12.1. The third-order valence-electron chi connectivity index (χ3n) is 3.88. The topological polar surface area (TPSA) is 53.6 Å². The van der Waals surface area contributed by atoms with Gasteiger partial charge in [-0.25, -0.2) is 0 Å². The lowest BCUT2D eigenvalue weighted by Gasteiger charge is -2.33. The molecule has 1 aromatic rings. The van der Waals surface area contributed by atoms with Gasteiger partial charge in [-0.15, -0.1) is 25.6 Å². The monoisotopic (exact) mass is 381 g/mol. The minimum Gasteiger partial charge on any atom is -0.406 e. The summed E-state index contributed by atoms with van der Waals surface area (Å²) >= 11 is 0. The van der Waals surface area contributed by atoms with Crippen molar-refractivity contribution in [2.75, 3.05) is 32.7 Å². The normalized spacial score (nSPS) is 18.3. The fourth-order valence-corrected chi connectivity index (χ4v) is 2.56. The van der Waals surface area contributed by atoms with Crippen LogP contribution in [0.15, 0.2) is 24.3 Å². The number of benzene rings is 1. The fourth-order valence-electron chi connectivity index (χ4n) is 2.56. The Kier molecular flexibility index (Phi) is 8.47. The zero-order valence-corrected chi connectivity index (χ0v) is 14.8. The van der Waals surface area contributed by atoms with Crippen molar-refractivity contribution >= 4 is 18.3 Å². The lowest BCUT2D eigenvalue weighted by molar-refractivity contribution is -0.274. The first-order valence-corrected chi connectivity index (χ1v) is 7.89. The van der Waals surface area contributed by atoms with Gasteiger partial charge in [-0.1, -0.05) is 12.1 Å². The quantitative estimate of drug-likeness (QED) is 0.791. The highest BCUT2D eigenvalue weighted by molar-refractivity contribution is 5.85. The van der Waals surface area contributed by atoms with Crippen LogP contribution < -0.4 is 15.4 Å². The van der Waals surface area contributed by atoms with E-state index in [1.807, 2.05) is 0 Å². The van der Waals surface area contributed by atoms with Gasteiger partial charge < -0.3 is 15.4 Å². The van der Waals surface area contributed by atoms with Crippen molar-refractivity contribution in [3.8, 4) is 5.75 Å². The highest BCUT2D eigenvalue weighted by Gasteiger charge is 2.30. The molecule has 0 bridgehead atoms. The van der Waals surface area contributed by atoms with Crippen LogP contribution in [0.3, 0.4) is 0 Å². The van der Waals surface area contributed by atoms with Crippen molar-refractivity contribution in [1.82, 2.24) is 15.5 Å². The van der Waals surface area contributed by atoms with E-state index >= 15 is 0 Å². The Morgan fingerprint density at radius 2 is 2.04 bits per heavy atom. The van der Waals surface area contributed by atoms with Crippen molar-refractivity contribution in [3.63, 3.8) is 0 Å². The third kappa shape index (κ3) is 7.94. The SMILES string of the molecule is C[C@H]1CNCCN1CC(=O)NCCc1ccc(OC(F)(F)F)cc1.Cl. The highest BCUT2D eigenvalue weighted by Crippen LogP contribution is 2.22. The van der Waals surface area contributed by atoms with E-state index in [2.05, 4.69) is 27.2 Å². The average Bonchev–Trinajstić information content (AvgIpc) is 2.50. The number of rotatable bonds is 6. The molecule has 1 saturated heterocycles. The lowest BCUT2D eigenvalue weighted by Crippen LogP contribution is -2.52. The van der Waals surface area contributed by atoms with Gasteiger partial charge in [0.1, 0.15) is 5.75 Å². The standard InChI is InChI=1S/C16H22F3N3O2.ClH/c1-12-10-20-8-9-22(12)11-15(23)21-7-6-13-2-4-14(5-3-13)24-16(17,18)19;/h2-5,12,20H,6-11H2,1H3,(H,21,23);1H/t12-;/m0./s1. The first-order valence-electron chi connectivity index (χ1n) is 7.89. The third-order valence-corrected chi connectivity index (χ3v) is 3.88. The molecule has 0 aliphatic carbocycles. The Labute approximate surface area is 151 Å². The number of alkyl halides is 3. The number of hydrogen-bond donors (Lipinski definition) is 2. The molecule has 142 valence electrons. The number of hydrogen-bond acceptors (Lipinski definition) is 4. The van der Waals surface area contributed by atoms with Crippen molar-refractivity contribution in [3.05, 3.63) is 29.8 Å². The largest absolute Gasteiger partial charge is 0.573 e. The van der Waals surface area contributed by atoms with Crippen molar-refractivity contribution < 1.29 is 22.7 Å². The molecule has 0 spiro atoms. The second kappa shape index (κ2) is 9.84. The van der Waals surface area contributed by atoms with E-state index in [9.17, 15) is 18.0 Å². The number of ether oxygens (including phenoxy) is 1. The molecule has 1 aromatic carbocycles. The summed E-state index contributed by atoms with van der Waals surface area (Å²) in [7, 11) is 0. The van der Waals surface area contributed by atoms with Gasteiger partial charge in [-0.05, 0) is 31.0 Å². The van der Waals surface area contributed by atoms with E-state index in [4.69, 9.17) is 0 Å². The molecule has 0 saturated carbocycles. The molecule has 2 N–H and O–H groups in total. The number of nitrogens with one attached hydrogen (secondary N) is 2. The predicted molar refractivity (Wildman–Crippen MR) is 91.0 cm³/mol. The summed E-state index contributed by atoms with van der Waals surface area (Å²) in [6.07, 6.45) is -4.13. The Balaban J connectivity index is 0.00000312. The van der Waals surface area contributed by atoms with Gasteiger partial charge >= 0.3 is 6.36 Å². The van der Waals surface area contributed by atoms with E-state index in [-0.39, 0.29) is 24.1 Å². The molecule has 0 radical (unpaired) electrons.